The van der Waals surface area contributed by atoms with Crippen molar-refractivity contribution in [1.82, 2.24) is 10.2 Å². The van der Waals surface area contributed by atoms with Crippen LogP contribution in [0.3, 0.4) is 0 Å². The Balaban J connectivity index is 1.33. The minimum absolute atomic E-state index is 0.484. The molecule has 138 valence electrons. The van der Waals surface area contributed by atoms with Crippen molar-refractivity contribution in [2.24, 2.45) is 0 Å². The molecule has 2 bridgehead atoms. The minimum atomic E-state index is 0.484. The second-order valence-corrected chi connectivity index (χ2v) is 9.22. The highest BCUT2D eigenvalue weighted by Crippen LogP contribution is 2.37. The second kappa shape index (κ2) is 7.67. The SMILES string of the molecule is Cc1cc(C)cc(NC(=S)NC2C[C@@H]3CC[C@@H](C2)N3Cc2cccs2)c1. The van der Waals surface area contributed by atoms with E-state index in [2.05, 4.69) is 65.1 Å². The van der Waals surface area contributed by atoms with E-state index < -0.39 is 0 Å². The molecule has 2 saturated heterocycles. The van der Waals surface area contributed by atoms with E-state index in [4.69, 9.17) is 12.2 Å². The van der Waals surface area contributed by atoms with Crippen LogP contribution in [0, 0.1) is 13.8 Å². The molecule has 3 heterocycles. The van der Waals surface area contributed by atoms with Gasteiger partial charge in [-0.05, 0) is 86.5 Å². The van der Waals surface area contributed by atoms with Crippen LogP contribution >= 0.6 is 23.6 Å². The van der Waals surface area contributed by atoms with Gasteiger partial charge < -0.3 is 10.6 Å². The van der Waals surface area contributed by atoms with Crippen molar-refractivity contribution in [3.05, 3.63) is 51.7 Å². The summed E-state index contributed by atoms with van der Waals surface area (Å²) < 4.78 is 0. The van der Waals surface area contributed by atoms with Crippen molar-refractivity contribution >= 4 is 34.4 Å². The van der Waals surface area contributed by atoms with Crippen molar-refractivity contribution in [2.45, 2.75) is 64.2 Å². The largest absolute Gasteiger partial charge is 0.360 e. The van der Waals surface area contributed by atoms with E-state index in [9.17, 15) is 0 Å². The fraction of sp³-hybridized carbons (Fsp3) is 0.476. The number of aryl methyl sites for hydroxylation is 2. The van der Waals surface area contributed by atoms with Crippen LogP contribution in [-0.4, -0.2) is 28.1 Å². The van der Waals surface area contributed by atoms with Crippen LogP contribution < -0.4 is 10.6 Å². The Labute approximate surface area is 165 Å². The van der Waals surface area contributed by atoms with Gasteiger partial charge >= 0.3 is 0 Å². The van der Waals surface area contributed by atoms with E-state index in [1.165, 1.54) is 41.7 Å². The van der Waals surface area contributed by atoms with Crippen LogP contribution in [0.25, 0.3) is 0 Å². The number of nitrogens with zero attached hydrogens (tertiary/aromatic N) is 1. The molecule has 0 spiro atoms. The summed E-state index contributed by atoms with van der Waals surface area (Å²) in [6.45, 7) is 5.36. The van der Waals surface area contributed by atoms with Crippen LogP contribution in [0.4, 0.5) is 5.69 Å². The number of benzene rings is 1. The lowest BCUT2D eigenvalue weighted by Crippen LogP contribution is -2.50. The highest BCUT2D eigenvalue weighted by atomic mass is 32.1. The molecule has 2 aromatic rings. The van der Waals surface area contributed by atoms with Gasteiger partial charge in [-0.2, -0.15) is 0 Å². The molecule has 4 rings (SSSR count). The molecule has 5 heteroatoms. The Morgan fingerprint density at radius 3 is 2.46 bits per heavy atom. The van der Waals surface area contributed by atoms with Gasteiger partial charge in [-0.1, -0.05) is 12.1 Å². The quantitative estimate of drug-likeness (QED) is 0.736. The standard InChI is InChI=1S/C21H27N3S2/c1-14-8-15(2)10-16(9-14)22-21(25)23-17-11-18-5-6-19(12-17)24(18)13-20-4-3-7-26-20/h3-4,7-10,17-19H,5-6,11-13H2,1-2H3,(H2,22,23,25)/t18-,19-/m0/s1. The molecule has 3 nitrogen and oxygen atoms in total. The average molecular weight is 386 g/mol. The van der Waals surface area contributed by atoms with Gasteiger partial charge in [0.25, 0.3) is 0 Å². The van der Waals surface area contributed by atoms with Crippen molar-refractivity contribution in [2.75, 3.05) is 5.32 Å². The van der Waals surface area contributed by atoms with Gasteiger partial charge in [0.2, 0.25) is 0 Å². The van der Waals surface area contributed by atoms with Gasteiger partial charge in [-0.25, -0.2) is 0 Å². The number of nitrogens with one attached hydrogen (secondary N) is 2. The number of thiophene rings is 1. The van der Waals surface area contributed by atoms with Gasteiger partial charge in [0.1, 0.15) is 0 Å². The summed E-state index contributed by atoms with van der Waals surface area (Å²) in [5.74, 6) is 0. The minimum Gasteiger partial charge on any atom is -0.360 e. The summed E-state index contributed by atoms with van der Waals surface area (Å²) >= 11 is 7.47. The molecule has 26 heavy (non-hydrogen) atoms. The van der Waals surface area contributed by atoms with Gasteiger partial charge in [-0.15, -0.1) is 11.3 Å². The Morgan fingerprint density at radius 2 is 1.85 bits per heavy atom. The Bertz CT molecular complexity index is 737. The summed E-state index contributed by atoms with van der Waals surface area (Å²) in [6.07, 6.45) is 5.03. The molecule has 2 N–H and O–H groups in total. The van der Waals surface area contributed by atoms with Gasteiger partial charge in [-0.3, -0.25) is 4.90 Å². The number of thiocarbonyl (C=S) groups is 1. The molecule has 1 aromatic heterocycles. The van der Waals surface area contributed by atoms with Crippen molar-refractivity contribution in [3.63, 3.8) is 0 Å². The predicted molar refractivity (Wildman–Crippen MR) is 115 cm³/mol. The van der Waals surface area contributed by atoms with Gasteiger partial charge in [0.15, 0.2) is 5.11 Å². The first-order valence-electron chi connectivity index (χ1n) is 9.51. The second-order valence-electron chi connectivity index (χ2n) is 7.78. The number of hydrogen-bond acceptors (Lipinski definition) is 3. The normalized spacial score (nSPS) is 25.2. The van der Waals surface area contributed by atoms with Crippen LogP contribution in [0.5, 0.6) is 0 Å². The molecule has 2 aliphatic heterocycles. The zero-order chi connectivity index (χ0) is 18.1. The molecule has 2 aliphatic rings. The van der Waals surface area contributed by atoms with Crippen molar-refractivity contribution < 1.29 is 0 Å². The predicted octanol–water partition coefficient (Wildman–Crippen LogP) is 4.85. The maximum absolute atomic E-state index is 5.59. The summed E-state index contributed by atoms with van der Waals surface area (Å²) in [4.78, 5) is 4.21. The lowest BCUT2D eigenvalue weighted by Gasteiger charge is -2.39. The molecule has 0 amide bonds. The monoisotopic (exact) mass is 385 g/mol. The van der Waals surface area contributed by atoms with Crippen molar-refractivity contribution in [3.8, 4) is 0 Å². The van der Waals surface area contributed by atoms with Gasteiger partial charge in [0, 0.05) is 35.2 Å². The lowest BCUT2D eigenvalue weighted by molar-refractivity contribution is 0.116. The smallest absolute Gasteiger partial charge is 0.170 e. The molecule has 2 atom stereocenters. The van der Waals surface area contributed by atoms with E-state index >= 15 is 0 Å². The third-order valence-electron chi connectivity index (χ3n) is 5.62. The maximum Gasteiger partial charge on any atom is 0.170 e. The molecule has 2 fully saturated rings. The third kappa shape index (κ3) is 4.11. The lowest BCUT2D eigenvalue weighted by atomic mass is 9.97. The van der Waals surface area contributed by atoms with E-state index in [-0.39, 0.29) is 0 Å². The first-order chi connectivity index (χ1) is 12.6. The van der Waals surface area contributed by atoms with E-state index in [1.54, 1.807) is 0 Å². The summed E-state index contributed by atoms with van der Waals surface area (Å²) in [5.41, 5.74) is 3.60. The fourth-order valence-corrected chi connectivity index (χ4v) is 5.63. The topological polar surface area (TPSA) is 27.3 Å². The Morgan fingerprint density at radius 1 is 1.15 bits per heavy atom. The molecule has 0 unspecified atom stereocenters. The first-order valence-corrected chi connectivity index (χ1v) is 10.8. The zero-order valence-corrected chi connectivity index (χ0v) is 17.1. The first kappa shape index (κ1) is 18.0. The molecule has 0 aliphatic carbocycles. The number of rotatable bonds is 4. The highest BCUT2D eigenvalue weighted by molar-refractivity contribution is 7.80. The van der Waals surface area contributed by atoms with E-state index in [1.807, 2.05) is 11.3 Å². The third-order valence-corrected chi connectivity index (χ3v) is 6.70. The number of anilines is 1. The maximum atomic E-state index is 5.59. The molecular formula is C21H27N3S2. The highest BCUT2D eigenvalue weighted by Gasteiger charge is 2.40. The molecule has 0 radical (unpaired) electrons. The number of fused-ring (bicyclic) bond motifs is 2. The van der Waals surface area contributed by atoms with Crippen LogP contribution in [-0.2, 0) is 6.54 Å². The summed E-state index contributed by atoms with van der Waals surface area (Å²) in [7, 11) is 0. The molecule has 1 aromatic carbocycles. The zero-order valence-electron chi connectivity index (χ0n) is 15.5. The Hall–Kier alpha value is -1.43. The van der Waals surface area contributed by atoms with Gasteiger partial charge in [0.05, 0.1) is 0 Å². The van der Waals surface area contributed by atoms with Crippen LogP contribution in [0.1, 0.15) is 41.7 Å². The van der Waals surface area contributed by atoms with Crippen molar-refractivity contribution in [1.29, 1.82) is 0 Å². The summed E-state index contributed by atoms with van der Waals surface area (Å²) in [6, 6.07) is 12.8. The van der Waals surface area contributed by atoms with E-state index in [0.29, 0.717) is 18.1 Å². The molecular weight excluding hydrogens is 358 g/mol. The fourth-order valence-electron chi connectivity index (χ4n) is 4.63. The number of hydrogen-bond donors (Lipinski definition) is 2. The molecule has 0 saturated carbocycles. The number of piperidine rings is 1. The average Bonchev–Trinajstić information content (AvgIpc) is 3.14. The van der Waals surface area contributed by atoms with E-state index in [0.717, 1.165) is 17.3 Å². The Kier molecular flexibility index (Phi) is 5.30. The van der Waals surface area contributed by atoms with Crippen LogP contribution in [0.15, 0.2) is 35.7 Å². The summed E-state index contributed by atoms with van der Waals surface area (Å²) in [5, 5.41) is 9.90. The van der Waals surface area contributed by atoms with Crippen LogP contribution in [0.2, 0.25) is 0 Å².